The summed E-state index contributed by atoms with van der Waals surface area (Å²) >= 11 is 0. The van der Waals surface area contributed by atoms with Crippen LogP contribution in [0.3, 0.4) is 0 Å². The van der Waals surface area contributed by atoms with E-state index in [9.17, 15) is 4.79 Å². The molecule has 3 rings (SSSR count). The number of carbonyl (C=O) groups is 1. The highest BCUT2D eigenvalue weighted by atomic mass is 16.6. The van der Waals surface area contributed by atoms with Gasteiger partial charge in [-0.3, -0.25) is 4.90 Å². The minimum atomic E-state index is -0.444. The van der Waals surface area contributed by atoms with Gasteiger partial charge in [-0.1, -0.05) is 18.6 Å². The molecule has 0 spiro atoms. The van der Waals surface area contributed by atoms with Gasteiger partial charge in [0.05, 0.1) is 6.61 Å². The molecule has 2 heterocycles. The lowest BCUT2D eigenvalue weighted by molar-refractivity contribution is 0.0257. The van der Waals surface area contributed by atoms with Gasteiger partial charge in [0.15, 0.2) is 0 Å². The molecule has 6 heteroatoms. The van der Waals surface area contributed by atoms with Crippen molar-refractivity contribution in [2.75, 3.05) is 52.4 Å². The standard InChI is InChI=1S/C25H41N3O3/c1-25(2,3)31-24(29)28-17-7-15-27(18-19-28)21-22-9-11-23(12-10-22)30-20-8-16-26-13-5-4-6-14-26/h9-12H,4-8,13-21H2,1-3H3. The van der Waals surface area contributed by atoms with Gasteiger partial charge in [0.25, 0.3) is 0 Å². The fourth-order valence-electron chi connectivity index (χ4n) is 4.25. The molecule has 2 aliphatic heterocycles. The Balaban J connectivity index is 1.36. The molecule has 1 amide bonds. The molecule has 0 unspecified atom stereocenters. The molecular formula is C25H41N3O3. The molecule has 0 saturated carbocycles. The highest BCUT2D eigenvalue weighted by Crippen LogP contribution is 2.17. The molecule has 1 aromatic rings. The number of rotatable bonds is 7. The summed E-state index contributed by atoms with van der Waals surface area (Å²) in [5.41, 5.74) is 0.840. The van der Waals surface area contributed by atoms with Crippen LogP contribution < -0.4 is 4.74 Å². The molecule has 0 N–H and O–H groups in total. The molecule has 174 valence electrons. The van der Waals surface area contributed by atoms with Gasteiger partial charge in [-0.25, -0.2) is 4.79 Å². The van der Waals surface area contributed by atoms with Crippen LogP contribution in [-0.2, 0) is 11.3 Å². The van der Waals surface area contributed by atoms with Crippen LogP contribution in [0.1, 0.15) is 58.4 Å². The Bertz CT molecular complexity index is 666. The number of ether oxygens (including phenoxy) is 2. The van der Waals surface area contributed by atoms with Crippen LogP contribution in [-0.4, -0.2) is 78.8 Å². The highest BCUT2D eigenvalue weighted by molar-refractivity contribution is 5.68. The summed E-state index contributed by atoms with van der Waals surface area (Å²) in [6.07, 6.45) is 5.94. The van der Waals surface area contributed by atoms with Crippen LogP contribution in [0.25, 0.3) is 0 Å². The third kappa shape index (κ3) is 8.69. The van der Waals surface area contributed by atoms with E-state index < -0.39 is 5.60 Å². The maximum Gasteiger partial charge on any atom is 0.410 e. The lowest BCUT2D eigenvalue weighted by Gasteiger charge is -2.26. The average molecular weight is 432 g/mol. The predicted octanol–water partition coefficient (Wildman–Crippen LogP) is 4.38. The Kier molecular flexibility index (Phi) is 9.02. The number of benzene rings is 1. The minimum Gasteiger partial charge on any atom is -0.494 e. The third-order valence-electron chi connectivity index (χ3n) is 5.91. The Labute approximate surface area is 188 Å². The number of carbonyl (C=O) groups excluding carboxylic acids is 1. The Morgan fingerprint density at radius 3 is 2.29 bits per heavy atom. The van der Waals surface area contributed by atoms with Gasteiger partial charge in [0.2, 0.25) is 0 Å². The first-order valence-electron chi connectivity index (χ1n) is 12.0. The third-order valence-corrected chi connectivity index (χ3v) is 5.91. The second kappa shape index (κ2) is 11.7. The normalized spacial score (nSPS) is 19.1. The van der Waals surface area contributed by atoms with Gasteiger partial charge in [-0.2, -0.15) is 0 Å². The van der Waals surface area contributed by atoms with Crippen molar-refractivity contribution in [3.63, 3.8) is 0 Å². The Hall–Kier alpha value is -1.79. The molecule has 6 nitrogen and oxygen atoms in total. The van der Waals surface area contributed by atoms with E-state index in [2.05, 4.69) is 34.1 Å². The zero-order valence-corrected chi connectivity index (χ0v) is 19.8. The molecule has 2 fully saturated rings. The number of likely N-dealkylation sites (tertiary alicyclic amines) is 1. The topological polar surface area (TPSA) is 45.3 Å². The molecule has 0 bridgehead atoms. The molecule has 1 aromatic carbocycles. The Morgan fingerprint density at radius 2 is 1.58 bits per heavy atom. The lowest BCUT2D eigenvalue weighted by atomic mass is 10.1. The summed E-state index contributed by atoms with van der Waals surface area (Å²) in [4.78, 5) is 19.1. The maximum atomic E-state index is 12.3. The number of nitrogens with zero attached hydrogens (tertiary/aromatic N) is 3. The van der Waals surface area contributed by atoms with E-state index in [1.165, 1.54) is 37.9 Å². The summed E-state index contributed by atoms with van der Waals surface area (Å²) in [5, 5.41) is 0. The van der Waals surface area contributed by atoms with Gasteiger partial charge < -0.3 is 19.3 Å². The van der Waals surface area contributed by atoms with E-state index in [1.54, 1.807) is 0 Å². The summed E-state index contributed by atoms with van der Waals surface area (Å²) in [6, 6.07) is 8.50. The van der Waals surface area contributed by atoms with Crippen molar-refractivity contribution in [1.29, 1.82) is 0 Å². The van der Waals surface area contributed by atoms with Crippen LogP contribution in [0.5, 0.6) is 5.75 Å². The van der Waals surface area contributed by atoms with Crippen LogP contribution in [0, 0.1) is 0 Å². The summed E-state index contributed by atoms with van der Waals surface area (Å²) in [5.74, 6) is 0.953. The molecule has 0 aliphatic carbocycles. The van der Waals surface area contributed by atoms with Crippen molar-refractivity contribution in [2.45, 2.75) is 65.0 Å². The van der Waals surface area contributed by atoms with Crippen LogP contribution in [0.4, 0.5) is 4.79 Å². The van der Waals surface area contributed by atoms with Crippen molar-refractivity contribution >= 4 is 6.09 Å². The highest BCUT2D eigenvalue weighted by Gasteiger charge is 2.24. The van der Waals surface area contributed by atoms with Crippen molar-refractivity contribution in [3.05, 3.63) is 29.8 Å². The van der Waals surface area contributed by atoms with Gasteiger partial charge in [-0.05, 0) is 77.2 Å². The molecule has 2 aliphatic rings. The SMILES string of the molecule is CC(C)(C)OC(=O)N1CCCN(Cc2ccc(OCCCN3CCCCC3)cc2)CC1. The van der Waals surface area contributed by atoms with E-state index >= 15 is 0 Å². The molecule has 31 heavy (non-hydrogen) atoms. The molecule has 0 aromatic heterocycles. The van der Waals surface area contributed by atoms with Gasteiger partial charge >= 0.3 is 6.09 Å². The number of hydrogen-bond donors (Lipinski definition) is 0. The minimum absolute atomic E-state index is 0.198. The van der Waals surface area contributed by atoms with Crippen molar-refractivity contribution in [2.24, 2.45) is 0 Å². The number of hydrogen-bond acceptors (Lipinski definition) is 5. The van der Waals surface area contributed by atoms with Gasteiger partial charge in [0, 0.05) is 39.3 Å². The second-order valence-corrected chi connectivity index (χ2v) is 9.85. The maximum absolute atomic E-state index is 12.3. The quantitative estimate of drug-likeness (QED) is 0.600. The van der Waals surface area contributed by atoms with E-state index in [1.807, 2.05) is 25.7 Å². The smallest absolute Gasteiger partial charge is 0.410 e. The second-order valence-electron chi connectivity index (χ2n) is 9.85. The van der Waals surface area contributed by atoms with Crippen molar-refractivity contribution < 1.29 is 14.3 Å². The van der Waals surface area contributed by atoms with E-state index in [4.69, 9.17) is 9.47 Å². The zero-order valence-electron chi connectivity index (χ0n) is 19.8. The van der Waals surface area contributed by atoms with Crippen molar-refractivity contribution in [3.8, 4) is 5.75 Å². The van der Waals surface area contributed by atoms with E-state index in [0.717, 1.165) is 57.9 Å². The zero-order chi connectivity index (χ0) is 22.1. The number of amides is 1. The average Bonchev–Trinajstić information content (AvgIpc) is 2.98. The van der Waals surface area contributed by atoms with E-state index in [0.29, 0.717) is 6.54 Å². The van der Waals surface area contributed by atoms with Crippen LogP contribution in [0.15, 0.2) is 24.3 Å². The largest absolute Gasteiger partial charge is 0.494 e. The fourth-order valence-corrected chi connectivity index (χ4v) is 4.25. The monoisotopic (exact) mass is 431 g/mol. The summed E-state index contributed by atoms with van der Waals surface area (Å²) in [6.45, 7) is 14.4. The van der Waals surface area contributed by atoms with Crippen LogP contribution >= 0.6 is 0 Å². The van der Waals surface area contributed by atoms with Gasteiger partial charge in [-0.15, -0.1) is 0 Å². The summed E-state index contributed by atoms with van der Waals surface area (Å²) in [7, 11) is 0. The molecular weight excluding hydrogens is 390 g/mol. The Morgan fingerprint density at radius 1 is 0.871 bits per heavy atom. The molecule has 2 saturated heterocycles. The lowest BCUT2D eigenvalue weighted by Crippen LogP contribution is -2.39. The van der Waals surface area contributed by atoms with Crippen molar-refractivity contribution in [1.82, 2.24) is 14.7 Å². The number of piperidine rings is 1. The molecule has 0 radical (unpaired) electrons. The first-order valence-corrected chi connectivity index (χ1v) is 12.0. The fraction of sp³-hybridized carbons (Fsp3) is 0.720. The van der Waals surface area contributed by atoms with E-state index in [-0.39, 0.29) is 6.09 Å². The predicted molar refractivity (Wildman–Crippen MR) is 125 cm³/mol. The van der Waals surface area contributed by atoms with Crippen LogP contribution in [0.2, 0.25) is 0 Å². The van der Waals surface area contributed by atoms with Gasteiger partial charge in [0.1, 0.15) is 11.4 Å². The summed E-state index contributed by atoms with van der Waals surface area (Å²) < 4.78 is 11.5. The molecule has 0 atom stereocenters. The first kappa shape index (κ1) is 23.9. The first-order chi connectivity index (χ1) is 14.9.